The highest BCUT2D eigenvalue weighted by atomic mass is 16.4. The third-order valence-electron chi connectivity index (χ3n) is 2.62. The smallest absolute Gasteiger partial charge is 0.312 e. The summed E-state index contributed by atoms with van der Waals surface area (Å²) < 4.78 is 5.18. The summed E-state index contributed by atoms with van der Waals surface area (Å²) in [5, 5.41) is 7.55. The second-order valence-electron chi connectivity index (χ2n) is 4.08. The second-order valence-corrected chi connectivity index (χ2v) is 4.08. The Morgan fingerprint density at radius 1 is 1.20 bits per heavy atom. The van der Waals surface area contributed by atoms with Crippen molar-refractivity contribution in [2.24, 2.45) is 0 Å². The van der Waals surface area contributed by atoms with Crippen LogP contribution in [0.3, 0.4) is 0 Å². The van der Waals surface area contributed by atoms with Crippen LogP contribution in [0.1, 0.15) is 64.2 Å². The number of anilines is 1. The van der Waals surface area contributed by atoms with Gasteiger partial charge in [0.1, 0.15) is 0 Å². The van der Waals surface area contributed by atoms with E-state index in [1.54, 1.807) is 0 Å². The minimum absolute atomic E-state index is 0.169. The molecule has 0 bridgehead atoms. The lowest BCUT2D eigenvalue weighted by Crippen LogP contribution is -1.94. The number of hydrogen-bond acceptors (Lipinski definition) is 4. The van der Waals surface area contributed by atoms with Crippen LogP contribution in [0.15, 0.2) is 4.42 Å². The zero-order valence-corrected chi connectivity index (χ0v) is 9.70. The Balaban J connectivity index is 2.16. The molecule has 0 saturated carbocycles. The van der Waals surface area contributed by atoms with Crippen LogP contribution in [0, 0.1) is 0 Å². The summed E-state index contributed by atoms with van der Waals surface area (Å²) in [5.41, 5.74) is 5.37. The van der Waals surface area contributed by atoms with Crippen LogP contribution >= 0.6 is 0 Å². The van der Waals surface area contributed by atoms with E-state index in [4.69, 9.17) is 10.2 Å². The Morgan fingerprint density at radius 3 is 2.53 bits per heavy atom. The van der Waals surface area contributed by atoms with Gasteiger partial charge < -0.3 is 10.2 Å². The van der Waals surface area contributed by atoms with Crippen molar-refractivity contribution in [1.29, 1.82) is 0 Å². The van der Waals surface area contributed by atoms with Gasteiger partial charge in [-0.1, -0.05) is 51.1 Å². The molecular formula is C11H21N3O. The van der Waals surface area contributed by atoms with E-state index in [0.717, 1.165) is 6.42 Å². The highest BCUT2D eigenvalue weighted by Crippen LogP contribution is 2.21. The van der Waals surface area contributed by atoms with Gasteiger partial charge >= 0.3 is 6.01 Å². The quantitative estimate of drug-likeness (QED) is 0.704. The molecule has 1 rings (SSSR count). The summed E-state index contributed by atoms with van der Waals surface area (Å²) in [6.45, 7) is 4.33. The zero-order chi connectivity index (χ0) is 11.1. The van der Waals surface area contributed by atoms with Gasteiger partial charge in [-0.3, -0.25) is 0 Å². The van der Waals surface area contributed by atoms with Crippen molar-refractivity contribution in [2.45, 2.75) is 58.3 Å². The van der Waals surface area contributed by atoms with Crippen LogP contribution in [0.4, 0.5) is 6.01 Å². The van der Waals surface area contributed by atoms with Crippen LogP contribution in [0.5, 0.6) is 0 Å². The molecule has 1 unspecified atom stereocenters. The third-order valence-corrected chi connectivity index (χ3v) is 2.62. The molecule has 0 fully saturated rings. The fraction of sp³-hybridized carbons (Fsp3) is 0.818. The molecule has 0 aliphatic heterocycles. The summed E-state index contributed by atoms with van der Waals surface area (Å²) in [6.07, 6.45) is 7.57. The summed E-state index contributed by atoms with van der Waals surface area (Å²) in [4.78, 5) is 0. The molecule has 0 aliphatic rings. The predicted octanol–water partition coefficient (Wildman–Crippen LogP) is 3.12. The van der Waals surface area contributed by atoms with E-state index in [9.17, 15) is 0 Å². The molecule has 4 heteroatoms. The van der Waals surface area contributed by atoms with E-state index < -0.39 is 0 Å². The maximum absolute atomic E-state index is 5.37. The molecule has 0 aliphatic carbocycles. The van der Waals surface area contributed by atoms with Gasteiger partial charge in [-0.15, -0.1) is 5.10 Å². The Hall–Kier alpha value is -1.06. The van der Waals surface area contributed by atoms with Crippen molar-refractivity contribution in [2.75, 3.05) is 5.73 Å². The number of rotatable bonds is 7. The lowest BCUT2D eigenvalue weighted by Gasteiger charge is -2.05. The topological polar surface area (TPSA) is 64.9 Å². The average Bonchev–Trinajstić information content (AvgIpc) is 2.64. The van der Waals surface area contributed by atoms with E-state index in [0.29, 0.717) is 11.8 Å². The number of unbranched alkanes of at least 4 members (excludes halogenated alkanes) is 4. The van der Waals surface area contributed by atoms with Gasteiger partial charge in [-0.25, -0.2) is 0 Å². The number of hydrogen-bond donors (Lipinski definition) is 1. The van der Waals surface area contributed by atoms with Gasteiger partial charge in [-0.2, -0.15) is 0 Å². The summed E-state index contributed by atoms with van der Waals surface area (Å²) in [5.74, 6) is 0.999. The monoisotopic (exact) mass is 211 g/mol. The lowest BCUT2D eigenvalue weighted by atomic mass is 10.0. The third kappa shape index (κ3) is 4.32. The van der Waals surface area contributed by atoms with Crippen molar-refractivity contribution in [1.82, 2.24) is 10.2 Å². The van der Waals surface area contributed by atoms with E-state index in [-0.39, 0.29) is 6.01 Å². The van der Waals surface area contributed by atoms with Crippen molar-refractivity contribution in [3.8, 4) is 0 Å². The molecular weight excluding hydrogens is 190 g/mol. The molecule has 0 saturated heterocycles. The van der Waals surface area contributed by atoms with Crippen molar-refractivity contribution in [3.05, 3.63) is 5.89 Å². The van der Waals surface area contributed by atoms with E-state index >= 15 is 0 Å². The lowest BCUT2D eigenvalue weighted by molar-refractivity contribution is 0.444. The largest absolute Gasteiger partial charge is 0.408 e. The minimum atomic E-state index is 0.169. The normalized spacial score (nSPS) is 12.9. The summed E-state index contributed by atoms with van der Waals surface area (Å²) in [7, 11) is 0. The maximum Gasteiger partial charge on any atom is 0.312 e. The second kappa shape index (κ2) is 6.43. The van der Waals surface area contributed by atoms with Crippen LogP contribution in [-0.4, -0.2) is 10.2 Å². The Bertz CT molecular complexity index is 273. The number of nitrogen functional groups attached to an aromatic ring is 1. The fourth-order valence-electron chi connectivity index (χ4n) is 1.62. The first-order chi connectivity index (χ1) is 7.24. The Kier molecular flexibility index (Phi) is 5.15. The summed E-state index contributed by atoms with van der Waals surface area (Å²) in [6, 6.07) is 0.169. The van der Waals surface area contributed by atoms with Gasteiger partial charge in [0.2, 0.25) is 5.89 Å². The minimum Gasteiger partial charge on any atom is -0.408 e. The average molecular weight is 211 g/mol. The first-order valence-electron chi connectivity index (χ1n) is 5.83. The van der Waals surface area contributed by atoms with Crippen LogP contribution in [-0.2, 0) is 0 Å². The molecule has 1 aromatic rings. The predicted molar refractivity (Wildman–Crippen MR) is 60.5 cm³/mol. The van der Waals surface area contributed by atoms with Crippen LogP contribution < -0.4 is 5.73 Å². The molecule has 15 heavy (non-hydrogen) atoms. The number of nitrogens with two attached hydrogens (primary N) is 1. The molecule has 4 nitrogen and oxygen atoms in total. The first-order valence-corrected chi connectivity index (χ1v) is 5.83. The van der Waals surface area contributed by atoms with Gasteiger partial charge in [0, 0.05) is 5.92 Å². The fourth-order valence-corrected chi connectivity index (χ4v) is 1.62. The molecule has 0 amide bonds. The SMILES string of the molecule is CCCCCCCC(C)c1nnc(N)o1. The molecule has 1 atom stereocenters. The van der Waals surface area contributed by atoms with Crippen molar-refractivity contribution < 1.29 is 4.42 Å². The highest BCUT2D eigenvalue weighted by Gasteiger charge is 2.11. The van der Waals surface area contributed by atoms with Gasteiger partial charge in [0.25, 0.3) is 0 Å². The van der Waals surface area contributed by atoms with Gasteiger partial charge in [0.05, 0.1) is 0 Å². The Labute approximate surface area is 91.3 Å². The first kappa shape index (κ1) is 12.0. The van der Waals surface area contributed by atoms with Crippen molar-refractivity contribution >= 4 is 6.01 Å². The molecule has 0 radical (unpaired) electrons. The van der Waals surface area contributed by atoms with Crippen molar-refractivity contribution in [3.63, 3.8) is 0 Å². The summed E-state index contributed by atoms with van der Waals surface area (Å²) >= 11 is 0. The molecule has 86 valence electrons. The maximum atomic E-state index is 5.37. The van der Waals surface area contributed by atoms with E-state index in [1.807, 2.05) is 0 Å². The highest BCUT2D eigenvalue weighted by molar-refractivity contribution is 5.06. The standard InChI is InChI=1S/C11H21N3O/c1-3-4-5-6-7-8-9(2)10-13-14-11(12)15-10/h9H,3-8H2,1-2H3,(H2,12,14). The van der Waals surface area contributed by atoms with Crippen LogP contribution in [0.2, 0.25) is 0 Å². The molecule has 0 spiro atoms. The number of aromatic nitrogens is 2. The van der Waals surface area contributed by atoms with E-state index in [1.165, 1.54) is 32.1 Å². The van der Waals surface area contributed by atoms with Gasteiger partial charge in [0.15, 0.2) is 0 Å². The van der Waals surface area contributed by atoms with E-state index in [2.05, 4.69) is 24.0 Å². The zero-order valence-electron chi connectivity index (χ0n) is 9.70. The molecule has 1 aromatic heterocycles. The molecule has 1 heterocycles. The van der Waals surface area contributed by atoms with Gasteiger partial charge in [-0.05, 0) is 6.42 Å². The number of nitrogens with zero attached hydrogens (tertiary/aromatic N) is 2. The van der Waals surface area contributed by atoms with Crippen LogP contribution in [0.25, 0.3) is 0 Å². The Morgan fingerprint density at radius 2 is 1.93 bits per heavy atom. The molecule has 0 aromatic carbocycles. The molecule has 2 N–H and O–H groups in total.